The Morgan fingerprint density at radius 2 is 2.10 bits per heavy atom. The van der Waals surface area contributed by atoms with Gasteiger partial charge in [0.25, 0.3) is 0 Å². The fourth-order valence-electron chi connectivity index (χ4n) is 2.46. The molecule has 118 valence electrons. The molecule has 4 nitrogen and oxygen atoms in total. The minimum Gasteiger partial charge on any atom is -0.496 e. The van der Waals surface area contributed by atoms with Crippen LogP contribution in [0.5, 0.6) is 5.75 Å². The third kappa shape index (κ3) is 5.59. The largest absolute Gasteiger partial charge is 0.496 e. The average molecular weight is 309 g/mol. The zero-order valence-electron chi connectivity index (χ0n) is 13.8. The molecule has 0 aromatic carbocycles. The number of methoxy groups -OCH3 is 1. The summed E-state index contributed by atoms with van der Waals surface area (Å²) in [6.07, 6.45) is 2.62. The van der Waals surface area contributed by atoms with Crippen LogP contribution in [0.15, 0.2) is 6.20 Å². The Labute approximate surface area is 133 Å². The lowest BCUT2D eigenvalue weighted by Gasteiger charge is -2.25. The van der Waals surface area contributed by atoms with Gasteiger partial charge in [-0.3, -0.25) is 9.88 Å². The van der Waals surface area contributed by atoms with Gasteiger partial charge < -0.3 is 10.5 Å². The molecule has 0 saturated heterocycles. The Hall–Kier alpha value is -1.20. The molecule has 0 aliphatic carbocycles. The Kier molecular flexibility index (Phi) is 7.05. The number of nitrogens with two attached hydrogens (primary N) is 1. The summed E-state index contributed by atoms with van der Waals surface area (Å²) in [6, 6.07) is 0. The van der Waals surface area contributed by atoms with E-state index in [-0.39, 0.29) is 0 Å². The quantitative estimate of drug-likeness (QED) is 0.748. The van der Waals surface area contributed by atoms with Crippen LogP contribution < -0.4 is 10.5 Å². The van der Waals surface area contributed by atoms with Crippen molar-refractivity contribution in [2.24, 2.45) is 11.7 Å². The third-order valence-electron chi connectivity index (χ3n) is 3.42. The summed E-state index contributed by atoms with van der Waals surface area (Å²) in [5.41, 5.74) is 8.87. The normalized spacial score (nSPS) is 11.2. The lowest BCUT2D eigenvalue weighted by Crippen LogP contribution is -2.31. The first kappa shape index (κ1) is 17.9. The lowest BCUT2D eigenvalue weighted by atomic mass is 10.1. The number of ether oxygens (including phenoxy) is 1. The molecule has 1 rings (SSSR count). The maximum absolute atomic E-state index is 5.63. The molecule has 0 saturated carbocycles. The summed E-state index contributed by atoms with van der Waals surface area (Å²) in [6.45, 7) is 11.2. The van der Waals surface area contributed by atoms with E-state index in [2.05, 4.69) is 30.7 Å². The van der Waals surface area contributed by atoms with Crippen molar-refractivity contribution in [3.8, 4) is 5.75 Å². The molecule has 0 atom stereocenters. The molecule has 0 aliphatic rings. The van der Waals surface area contributed by atoms with Crippen molar-refractivity contribution in [1.29, 1.82) is 0 Å². The molecule has 1 aromatic heterocycles. The van der Waals surface area contributed by atoms with Crippen LogP contribution in [-0.2, 0) is 6.54 Å². The molecule has 1 heterocycles. The maximum atomic E-state index is 5.63. The zero-order chi connectivity index (χ0) is 16.0. The van der Waals surface area contributed by atoms with E-state index < -0.39 is 0 Å². The number of aromatic nitrogens is 1. The van der Waals surface area contributed by atoms with Crippen LogP contribution in [0.2, 0.25) is 0 Å². The topological polar surface area (TPSA) is 51.4 Å². The van der Waals surface area contributed by atoms with E-state index in [1.165, 1.54) is 0 Å². The second kappa shape index (κ2) is 8.29. The van der Waals surface area contributed by atoms with E-state index >= 15 is 0 Å². The Morgan fingerprint density at radius 3 is 2.62 bits per heavy atom. The molecule has 0 amide bonds. The molecule has 0 spiro atoms. The van der Waals surface area contributed by atoms with E-state index in [0.29, 0.717) is 10.9 Å². The summed E-state index contributed by atoms with van der Waals surface area (Å²) < 4.78 is 5.48. The van der Waals surface area contributed by atoms with Crippen molar-refractivity contribution in [3.63, 3.8) is 0 Å². The van der Waals surface area contributed by atoms with Gasteiger partial charge in [-0.25, -0.2) is 0 Å². The molecule has 0 radical (unpaired) electrons. The molecule has 0 unspecified atom stereocenters. The first-order valence-electron chi connectivity index (χ1n) is 7.34. The van der Waals surface area contributed by atoms with Gasteiger partial charge in [-0.15, -0.1) is 0 Å². The highest BCUT2D eigenvalue weighted by molar-refractivity contribution is 7.80. The molecule has 0 aliphatic heterocycles. The second-order valence-electron chi connectivity index (χ2n) is 5.89. The lowest BCUT2D eigenvalue weighted by molar-refractivity contribution is 0.239. The van der Waals surface area contributed by atoms with Crippen LogP contribution in [0.4, 0.5) is 0 Å². The first-order chi connectivity index (χ1) is 9.85. The molecule has 21 heavy (non-hydrogen) atoms. The SMILES string of the molecule is COc1c(C)cnc(CN(CCC(N)=S)CC(C)C)c1C. The predicted molar refractivity (Wildman–Crippen MR) is 91.8 cm³/mol. The molecular weight excluding hydrogens is 282 g/mol. The molecule has 2 N–H and O–H groups in total. The summed E-state index contributed by atoms with van der Waals surface area (Å²) in [5.74, 6) is 1.52. The minimum atomic E-state index is 0.565. The van der Waals surface area contributed by atoms with Gasteiger partial charge in [0.1, 0.15) is 5.75 Å². The van der Waals surface area contributed by atoms with Gasteiger partial charge in [0, 0.05) is 43.4 Å². The Balaban J connectivity index is 2.89. The highest BCUT2D eigenvalue weighted by Crippen LogP contribution is 2.24. The Morgan fingerprint density at radius 1 is 1.43 bits per heavy atom. The van der Waals surface area contributed by atoms with Crippen LogP contribution in [0, 0.1) is 19.8 Å². The Bertz CT molecular complexity index is 489. The van der Waals surface area contributed by atoms with E-state index in [9.17, 15) is 0 Å². The summed E-state index contributed by atoms with van der Waals surface area (Å²) in [5, 5.41) is 0. The second-order valence-corrected chi connectivity index (χ2v) is 6.42. The van der Waals surface area contributed by atoms with Crippen LogP contribution in [0.25, 0.3) is 0 Å². The molecular formula is C16H27N3OS. The molecule has 0 fully saturated rings. The average Bonchev–Trinajstić information content (AvgIpc) is 2.39. The molecule has 1 aromatic rings. The number of hydrogen-bond acceptors (Lipinski definition) is 4. The van der Waals surface area contributed by atoms with E-state index in [1.807, 2.05) is 13.1 Å². The van der Waals surface area contributed by atoms with E-state index in [0.717, 1.165) is 48.6 Å². The van der Waals surface area contributed by atoms with Crippen LogP contribution in [-0.4, -0.2) is 35.1 Å². The number of aryl methyl sites for hydroxylation is 1. The van der Waals surface area contributed by atoms with E-state index in [1.54, 1.807) is 7.11 Å². The maximum Gasteiger partial charge on any atom is 0.128 e. The predicted octanol–water partition coefficient (Wildman–Crippen LogP) is 2.84. The summed E-state index contributed by atoms with van der Waals surface area (Å²) in [7, 11) is 1.71. The van der Waals surface area contributed by atoms with E-state index in [4.69, 9.17) is 22.7 Å². The molecule has 5 heteroatoms. The summed E-state index contributed by atoms with van der Waals surface area (Å²) in [4.78, 5) is 7.49. The van der Waals surface area contributed by atoms with Gasteiger partial charge in [-0.1, -0.05) is 26.1 Å². The van der Waals surface area contributed by atoms with Crippen molar-refractivity contribution in [2.45, 2.75) is 40.7 Å². The van der Waals surface area contributed by atoms with Crippen LogP contribution in [0.1, 0.15) is 37.1 Å². The van der Waals surface area contributed by atoms with Crippen molar-refractivity contribution in [3.05, 3.63) is 23.0 Å². The number of hydrogen-bond donors (Lipinski definition) is 1. The zero-order valence-corrected chi connectivity index (χ0v) is 14.6. The number of nitrogens with zero attached hydrogens (tertiary/aromatic N) is 2. The smallest absolute Gasteiger partial charge is 0.128 e. The van der Waals surface area contributed by atoms with Crippen molar-refractivity contribution >= 4 is 17.2 Å². The highest BCUT2D eigenvalue weighted by Gasteiger charge is 2.14. The van der Waals surface area contributed by atoms with Gasteiger partial charge in [0.15, 0.2) is 0 Å². The fourth-order valence-corrected chi connectivity index (χ4v) is 2.55. The fraction of sp³-hybridized carbons (Fsp3) is 0.625. The van der Waals surface area contributed by atoms with Gasteiger partial charge in [-0.2, -0.15) is 0 Å². The standard InChI is InChI=1S/C16H27N3OS/c1-11(2)9-19(7-6-15(17)21)10-14-13(4)16(20-5)12(3)8-18-14/h8,11H,6-7,9-10H2,1-5H3,(H2,17,21). The number of pyridine rings is 1. The number of thiocarbonyl (C=S) groups is 1. The van der Waals surface area contributed by atoms with Gasteiger partial charge >= 0.3 is 0 Å². The van der Waals surface area contributed by atoms with Crippen LogP contribution >= 0.6 is 12.2 Å². The highest BCUT2D eigenvalue weighted by atomic mass is 32.1. The van der Waals surface area contributed by atoms with Crippen molar-refractivity contribution < 1.29 is 4.74 Å². The third-order valence-corrected chi connectivity index (χ3v) is 3.63. The van der Waals surface area contributed by atoms with Crippen molar-refractivity contribution in [1.82, 2.24) is 9.88 Å². The monoisotopic (exact) mass is 309 g/mol. The molecule has 0 bridgehead atoms. The summed E-state index contributed by atoms with van der Waals surface area (Å²) >= 11 is 4.99. The van der Waals surface area contributed by atoms with Gasteiger partial charge in [0.05, 0.1) is 17.8 Å². The van der Waals surface area contributed by atoms with Crippen molar-refractivity contribution in [2.75, 3.05) is 20.2 Å². The van der Waals surface area contributed by atoms with Crippen LogP contribution in [0.3, 0.4) is 0 Å². The van der Waals surface area contributed by atoms with Gasteiger partial charge in [-0.05, 0) is 19.8 Å². The minimum absolute atomic E-state index is 0.565. The number of rotatable bonds is 8. The van der Waals surface area contributed by atoms with Gasteiger partial charge in [0.2, 0.25) is 0 Å². The first-order valence-corrected chi connectivity index (χ1v) is 7.75.